The molecule has 3 aromatic rings. The van der Waals surface area contributed by atoms with Gasteiger partial charge in [-0.2, -0.15) is 0 Å². The molecule has 2 heterocycles. The van der Waals surface area contributed by atoms with Crippen molar-refractivity contribution in [2.24, 2.45) is 0 Å². The molecule has 5 heteroatoms. The van der Waals surface area contributed by atoms with Crippen LogP contribution in [0.1, 0.15) is 17.0 Å². The van der Waals surface area contributed by atoms with Gasteiger partial charge in [-0.25, -0.2) is 4.98 Å². The van der Waals surface area contributed by atoms with Crippen LogP contribution in [0.3, 0.4) is 0 Å². The van der Waals surface area contributed by atoms with Gasteiger partial charge in [0.2, 0.25) is 0 Å². The zero-order chi connectivity index (χ0) is 17.9. The third-order valence-corrected chi connectivity index (χ3v) is 5.07. The van der Waals surface area contributed by atoms with Crippen molar-refractivity contribution in [2.45, 2.75) is 20.0 Å². The first-order chi connectivity index (χ1) is 12.7. The number of ether oxygens (including phenoxy) is 1. The molecular weight excluding hydrogens is 324 g/mol. The number of aromatic nitrogens is 2. The van der Waals surface area contributed by atoms with E-state index in [0.717, 1.165) is 61.9 Å². The van der Waals surface area contributed by atoms with Crippen LogP contribution >= 0.6 is 0 Å². The van der Waals surface area contributed by atoms with Gasteiger partial charge in [-0.05, 0) is 42.3 Å². The van der Waals surface area contributed by atoms with Crippen molar-refractivity contribution in [3.8, 4) is 5.75 Å². The number of fused-ring (bicyclic) bond motifs is 1. The summed E-state index contributed by atoms with van der Waals surface area (Å²) in [6, 6.07) is 14.7. The molecule has 0 unspecified atom stereocenters. The van der Waals surface area contributed by atoms with E-state index in [1.54, 1.807) is 7.11 Å². The fourth-order valence-corrected chi connectivity index (χ4v) is 3.60. The Balaban J connectivity index is 1.32. The highest BCUT2D eigenvalue weighted by Crippen LogP contribution is 2.17. The molecule has 1 aromatic heterocycles. The maximum absolute atomic E-state index is 5.32. The van der Waals surface area contributed by atoms with E-state index in [-0.39, 0.29) is 0 Å². The number of imidazole rings is 1. The first kappa shape index (κ1) is 17.1. The Bertz CT molecular complexity index is 881. The lowest BCUT2D eigenvalue weighted by Crippen LogP contribution is -2.45. The van der Waals surface area contributed by atoms with E-state index in [0.29, 0.717) is 0 Å². The number of aromatic amines is 1. The molecule has 2 aromatic carbocycles. The largest absolute Gasteiger partial charge is 0.497 e. The Hall–Kier alpha value is -2.37. The Kier molecular flexibility index (Phi) is 4.91. The van der Waals surface area contributed by atoms with E-state index >= 15 is 0 Å². The van der Waals surface area contributed by atoms with Crippen LogP contribution in [0, 0.1) is 6.92 Å². The normalized spacial score (nSPS) is 16.2. The van der Waals surface area contributed by atoms with Crippen LogP contribution < -0.4 is 4.74 Å². The number of aryl methyl sites for hydroxylation is 1. The predicted molar refractivity (Wildman–Crippen MR) is 104 cm³/mol. The number of rotatable bonds is 5. The molecule has 4 rings (SSSR count). The monoisotopic (exact) mass is 350 g/mol. The number of nitrogens with one attached hydrogen (secondary N) is 1. The van der Waals surface area contributed by atoms with Gasteiger partial charge >= 0.3 is 0 Å². The summed E-state index contributed by atoms with van der Waals surface area (Å²) in [6.07, 6.45) is 0. The van der Waals surface area contributed by atoms with Crippen LogP contribution in [-0.2, 0) is 13.1 Å². The summed E-state index contributed by atoms with van der Waals surface area (Å²) in [5, 5.41) is 0. The highest BCUT2D eigenvalue weighted by Gasteiger charge is 2.18. The van der Waals surface area contributed by atoms with Gasteiger partial charge in [-0.15, -0.1) is 0 Å². The third-order valence-electron chi connectivity index (χ3n) is 5.07. The molecule has 0 aliphatic carbocycles. The zero-order valence-electron chi connectivity index (χ0n) is 15.5. The number of nitrogens with zero attached hydrogens (tertiary/aromatic N) is 3. The molecule has 1 aliphatic heterocycles. The van der Waals surface area contributed by atoms with E-state index in [9.17, 15) is 0 Å². The fraction of sp³-hybridized carbons (Fsp3) is 0.381. The predicted octanol–water partition coefficient (Wildman–Crippen LogP) is 3.20. The number of methoxy groups -OCH3 is 1. The lowest BCUT2D eigenvalue weighted by Gasteiger charge is -2.34. The number of H-pyrrole nitrogens is 1. The SMILES string of the molecule is COc1cccc(CN2CCN(Cc3nc4ccc(C)cc4[nH]3)CC2)c1. The Labute approximate surface area is 154 Å². The van der Waals surface area contributed by atoms with Crippen LogP contribution in [0.4, 0.5) is 0 Å². The molecule has 1 fully saturated rings. The summed E-state index contributed by atoms with van der Waals surface area (Å²) in [4.78, 5) is 13.2. The van der Waals surface area contributed by atoms with Gasteiger partial charge in [0.15, 0.2) is 0 Å². The Morgan fingerprint density at radius 2 is 1.77 bits per heavy atom. The minimum atomic E-state index is 0.890. The van der Waals surface area contributed by atoms with Gasteiger partial charge < -0.3 is 9.72 Å². The Morgan fingerprint density at radius 3 is 2.54 bits per heavy atom. The molecular formula is C21H26N4O. The fourth-order valence-electron chi connectivity index (χ4n) is 3.60. The third kappa shape index (κ3) is 3.89. The summed E-state index contributed by atoms with van der Waals surface area (Å²) >= 11 is 0. The van der Waals surface area contributed by atoms with Crippen LogP contribution in [0.5, 0.6) is 5.75 Å². The molecule has 0 amide bonds. The standard InChI is InChI=1S/C21H26N4O/c1-16-6-7-19-20(12-16)23-21(22-19)15-25-10-8-24(9-11-25)14-17-4-3-5-18(13-17)26-2/h3-7,12-13H,8-11,14-15H2,1-2H3,(H,22,23). The van der Waals surface area contributed by atoms with Crippen molar-refractivity contribution >= 4 is 11.0 Å². The van der Waals surface area contributed by atoms with Gasteiger partial charge in [0, 0.05) is 32.7 Å². The van der Waals surface area contributed by atoms with Crippen molar-refractivity contribution in [3.63, 3.8) is 0 Å². The topological polar surface area (TPSA) is 44.4 Å². The van der Waals surface area contributed by atoms with E-state index in [2.05, 4.69) is 58.1 Å². The molecule has 136 valence electrons. The minimum absolute atomic E-state index is 0.890. The molecule has 1 aliphatic rings. The maximum atomic E-state index is 5.32. The number of hydrogen-bond acceptors (Lipinski definition) is 4. The molecule has 26 heavy (non-hydrogen) atoms. The van der Waals surface area contributed by atoms with E-state index < -0.39 is 0 Å². The highest BCUT2D eigenvalue weighted by atomic mass is 16.5. The molecule has 5 nitrogen and oxygen atoms in total. The van der Waals surface area contributed by atoms with E-state index in [4.69, 9.17) is 9.72 Å². The van der Waals surface area contributed by atoms with Gasteiger partial charge in [-0.3, -0.25) is 9.80 Å². The van der Waals surface area contributed by atoms with Crippen molar-refractivity contribution in [1.82, 2.24) is 19.8 Å². The average molecular weight is 350 g/mol. The number of benzene rings is 2. The molecule has 0 bridgehead atoms. The lowest BCUT2D eigenvalue weighted by atomic mass is 10.2. The molecule has 1 N–H and O–H groups in total. The summed E-state index contributed by atoms with van der Waals surface area (Å²) in [7, 11) is 1.72. The molecule has 0 atom stereocenters. The smallest absolute Gasteiger partial charge is 0.121 e. The van der Waals surface area contributed by atoms with E-state index in [1.165, 1.54) is 11.1 Å². The molecule has 0 radical (unpaired) electrons. The van der Waals surface area contributed by atoms with Crippen molar-refractivity contribution in [1.29, 1.82) is 0 Å². The van der Waals surface area contributed by atoms with E-state index in [1.807, 2.05) is 6.07 Å². The highest BCUT2D eigenvalue weighted by molar-refractivity contribution is 5.75. The number of hydrogen-bond donors (Lipinski definition) is 1. The average Bonchev–Trinajstić information content (AvgIpc) is 3.05. The number of piperazine rings is 1. The first-order valence-corrected chi connectivity index (χ1v) is 9.22. The van der Waals surface area contributed by atoms with Crippen molar-refractivity contribution in [2.75, 3.05) is 33.3 Å². The molecule has 0 spiro atoms. The quantitative estimate of drug-likeness (QED) is 0.767. The van der Waals surface area contributed by atoms with Gasteiger partial charge in [-0.1, -0.05) is 18.2 Å². The van der Waals surface area contributed by atoms with Crippen molar-refractivity contribution < 1.29 is 4.74 Å². The first-order valence-electron chi connectivity index (χ1n) is 9.22. The second kappa shape index (κ2) is 7.48. The Morgan fingerprint density at radius 1 is 1.00 bits per heavy atom. The van der Waals surface area contributed by atoms with Crippen LogP contribution in [0.15, 0.2) is 42.5 Å². The van der Waals surface area contributed by atoms with Gasteiger partial charge in [0.25, 0.3) is 0 Å². The van der Waals surface area contributed by atoms with Crippen LogP contribution in [0.25, 0.3) is 11.0 Å². The van der Waals surface area contributed by atoms with Gasteiger partial charge in [0.05, 0.1) is 24.7 Å². The molecule has 0 saturated carbocycles. The van der Waals surface area contributed by atoms with Crippen molar-refractivity contribution in [3.05, 3.63) is 59.4 Å². The second-order valence-corrected chi connectivity index (χ2v) is 7.11. The minimum Gasteiger partial charge on any atom is -0.497 e. The van der Waals surface area contributed by atoms with Crippen LogP contribution in [-0.4, -0.2) is 53.1 Å². The summed E-state index contributed by atoms with van der Waals surface area (Å²) < 4.78 is 5.32. The second-order valence-electron chi connectivity index (χ2n) is 7.11. The lowest BCUT2D eigenvalue weighted by molar-refractivity contribution is 0.120. The molecule has 1 saturated heterocycles. The summed E-state index contributed by atoms with van der Waals surface area (Å²) in [6.45, 7) is 8.28. The maximum Gasteiger partial charge on any atom is 0.121 e. The van der Waals surface area contributed by atoms with Crippen LogP contribution in [0.2, 0.25) is 0 Å². The summed E-state index contributed by atoms with van der Waals surface area (Å²) in [5.74, 6) is 1.99. The van der Waals surface area contributed by atoms with Gasteiger partial charge in [0.1, 0.15) is 11.6 Å². The summed E-state index contributed by atoms with van der Waals surface area (Å²) in [5.41, 5.74) is 4.77. The zero-order valence-corrected chi connectivity index (χ0v) is 15.5.